The molecule has 1 N–H and O–H groups in total. The second-order valence-corrected chi connectivity index (χ2v) is 2.58. The van der Waals surface area contributed by atoms with E-state index in [0.717, 1.165) is 13.0 Å². The van der Waals surface area contributed by atoms with Gasteiger partial charge in [0.25, 0.3) is 0 Å². The highest BCUT2D eigenvalue weighted by molar-refractivity contribution is 4.59. The second kappa shape index (κ2) is 5.65. The molecule has 0 aliphatic heterocycles. The molecule has 0 fully saturated rings. The van der Waals surface area contributed by atoms with Gasteiger partial charge in [-0.1, -0.05) is 6.92 Å². The van der Waals surface area contributed by atoms with Gasteiger partial charge in [0, 0.05) is 27.2 Å². The molecule has 0 bridgehead atoms. The van der Waals surface area contributed by atoms with Crippen LogP contribution in [0.4, 0.5) is 0 Å². The molecule has 0 radical (unpaired) electrons. The van der Waals surface area contributed by atoms with E-state index in [0.29, 0.717) is 6.04 Å². The summed E-state index contributed by atoms with van der Waals surface area (Å²) in [5.41, 5.74) is 3.24. The number of ether oxygens (including phenoxy) is 1. The number of hydrogen-bond acceptors (Lipinski definition) is 3. The van der Waals surface area contributed by atoms with E-state index >= 15 is 0 Å². The first kappa shape index (κ1) is 9.88. The van der Waals surface area contributed by atoms with Crippen molar-refractivity contribution in [3.63, 3.8) is 0 Å². The summed E-state index contributed by atoms with van der Waals surface area (Å²) in [6.45, 7) is 2.91. The number of hydrogen-bond donors (Lipinski definition) is 1. The average Bonchev–Trinajstić information content (AvgIpc) is 1.86. The summed E-state index contributed by atoms with van der Waals surface area (Å²) in [4.78, 5) is 0. The zero-order valence-corrected chi connectivity index (χ0v) is 7.35. The summed E-state index contributed by atoms with van der Waals surface area (Å²) in [5, 5.41) is 1.95. The SMILES string of the molecule is CCC(COC)NN(C)C. The van der Waals surface area contributed by atoms with Gasteiger partial charge in [-0.15, -0.1) is 0 Å². The van der Waals surface area contributed by atoms with Crippen LogP contribution in [0.2, 0.25) is 0 Å². The van der Waals surface area contributed by atoms with E-state index in [4.69, 9.17) is 4.74 Å². The Morgan fingerprint density at radius 2 is 2.10 bits per heavy atom. The molecule has 0 aliphatic rings. The molecule has 0 saturated carbocycles. The van der Waals surface area contributed by atoms with Gasteiger partial charge in [0.2, 0.25) is 0 Å². The lowest BCUT2D eigenvalue weighted by atomic mass is 10.2. The van der Waals surface area contributed by atoms with E-state index in [9.17, 15) is 0 Å². The third-order valence-corrected chi connectivity index (χ3v) is 1.30. The van der Waals surface area contributed by atoms with Crippen molar-refractivity contribution in [3.05, 3.63) is 0 Å². The first-order valence-corrected chi connectivity index (χ1v) is 3.63. The number of methoxy groups -OCH3 is 1. The molecule has 10 heavy (non-hydrogen) atoms. The lowest BCUT2D eigenvalue weighted by Crippen LogP contribution is -2.41. The van der Waals surface area contributed by atoms with E-state index in [1.165, 1.54) is 0 Å². The fourth-order valence-electron chi connectivity index (χ4n) is 0.813. The second-order valence-electron chi connectivity index (χ2n) is 2.58. The minimum absolute atomic E-state index is 0.444. The van der Waals surface area contributed by atoms with Gasteiger partial charge in [0.05, 0.1) is 6.61 Å². The van der Waals surface area contributed by atoms with Gasteiger partial charge in [-0.2, -0.15) is 0 Å². The molecule has 0 saturated heterocycles. The smallest absolute Gasteiger partial charge is 0.0629 e. The Morgan fingerprint density at radius 3 is 2.40 bits per heavy atom. The molecule has 0 aromatic heterocycles. The van der Waals surface area contributed by atoms with Crippen molar-refractivity contribution in [2.75, 3.05) is 27.8 Å². The third-order valence-electron chi connectivity index (χ3n) is 1.30. The predicted octanol–water partition coefficient (Wildman–Crippen LogP) is 0.478. The summed E-state index contributed by atoms with van der Waals surface area (Å²) in [6.07, 6.45) is 1.09. The highest BCUT2D eigenvalue weighted by Crippen LogP contribution is 1.90. The monoisotopic (exact) mass is 146 g/mol. The van der Waals surface area contributed by atoms with E-state index in [1.807, 2.05) is 19.1 Å². The van der Waals surface area contributed by atoms with Crippen LogP contribution in [-0.4, -0.2) is 38.9 Å². The van der Waals surface area contributed by atoms with Gasteiger partial charge in [-0.3, -0.25) is 10.4 Å². The Morgan fingerprint density at radius 1 is 1.50 bits per heavy atom. The van der Waals surface area contributed by atoms with Gasteiger partial charge in [-0.25, -0.2) is 0 Å². The van der Waals surface area contributed by atoms with Gasteiger partial charge in [0.15, 0.2) is 0 Å². The molecule has 0 amide bonds. The van der Waals surface area contributed by atoms with Gasteiger partial charge >= 0.3 is 0 Å². The van der Waals surface area contributed by atoms with Crippen LogP contribution in [0.5, 0.6) is 0 Å². The van der Waals surface area contributed by atoms with Crippen molar-refractivity contribution in [2.45, 2.75) is 19.4 Å². The number of nitrogens with one attached hydrogen (secondary N) is 1. The topological polar surface area (TPSA) is 24.5 Å². The van der Waals surface area contributed by atoms with Gasteiger partial charge < -0.3 is 4.74 Å². The summed E-state index contributed by atoms with van der Waals surface area (Å²) >= 11 is 0. The largest absolute Gasteiger partial charge is 0.383 e. The zero-order chi connectivity index (χ0) is 7.98. The van der Waals surface area contributed by atoms with Crippen molar-refractivity contribution in [1.82, 2.24) is 10.4 Å². The van der Waals surface area contributed by atoms with Gasteiger partial charge in [0.1, 0.15) is 0 Å². The van der Waals surface area contributed by atoms with Crippen molar-refractivity contribution >= 4 is 0 Å². The van der Waals surface area contributed by atoms with Crippen LogP contribution in [0.25, 0.3) is 0 Å². The lowest BCUT2D eigenvalue weighted by molar-refractivity contribution is 0.124. The van der Waals surface area contributed by atoms with Crippen LogP contribution in [-0.2, 0) is 4.74 Å². The number of nitrogens with zero attached hydrogens (tertiary/aromatic N) is 1. The van der Waals surface area contributed by atoms with E-state index in [1.54, 1.807) is 7.11 Å². The first-order chi connectivity index (χ1) is 4.70. The van der Waals surface area contributed by atoms with Gasteiger partial charge in [-0.05, 0) is 6.42 Å². The van der Waals surface area contributed by atoms with Crippen molar-refractivity contribution in [3.8, 4) is 0 Å². The quantitative estimate of drug-likeness (QED) is 0.571. The van der Waals surface area contributed by atoms with E-state index in [-0.39, 0.29) is 0 Å². The molecule has 0 rings (SSSR count). The van der Waals surface area contributed by atoms with Crippen LogP contribution in [0, 0.1) is 0 Å². The lowest BCUT2D eigenvalue weighted by Gasteiger charge is -2.20. The maximum Gasteiger partial charge on any atom is 0.0629 e. The molecule has 62 valence electrons. The standard InChI is InChI=1S/C7H18N2O/c1-5-7(6-10-4)8-9(2)3/h7-8H,5-6H2,1-4H3. The number of rotatable bonds is 5. The Balaban J connectivity index is 3.39. The maximum absolute atomic E-state index is 5.01. The number of hydrazine groups is 1. The Bertz CT molecular complexity index is 76.0. The first-order valence-electron chi connectivity index (χ1n) is 3.63. The summed E-state index contributed by atoms with van der Waals surface area (Å²) in [6, 6.07) is 0.444. The summed E-state index contributed by atoms with van der Waals surface area (Å²) in [7, 11) is 5.69. The zero-order valence-electron chi connectivity index (χ0n) is 7.35. The molecule has 1 atom stereocenters. The van der Waals surface area contributed by atoms with Crippen molar-refractivity contribution < 1.29 is 4.74 Å². The normalized spacial score (nSPS) is 14.1. The highest BCUT2D eigenvalue weighted by Gasteiger charge is 2.03. The summed E-state index contributed by atoms with van der Waals surface area (Å²) < 4.78 is 5.01. The fraction of sp³-hybridized carbons (Fsp3) is 1.00. The maximum atomic E-state index is 5.01. The van der Waals surface area contributed by atoms with Crippen LogP contribution in [0.3, 0.4) is 0 Å². The summed E-state index contributed by atoms with van der Waals surface area (Å²) in [5.74, 6) is 0. The van der Waals surface area contributed by atoms with Crippen LogP contribution in [0.15, 0.2) is 0 Å². The average molecular weight is 146 g/mol. The third kappa shape index (κ3) is 4.73. The predicted molar refractivity (Wildman–Crippen MR) is 42.8 cm³/mol. The highest BCUT2D eigenvalue weighted by atomic mass is 16.5. The van der Waals surface area contributed by atoms with E-state index in [2.05, 4.69) is 12.3 Å². The molecule has 0 aliphatic carbocycles. The molecular weight excluding hydrogens is 128 g/mol. The Kier molecular flexibility index (Phi) is 5.58. The fourth-order valence-corrected chi connectivity index (χ4v) is 0.813. The van der Waals surface area contributed by atoms with E-state index < -0.39 is 0 Å². The van der Waals surface area contributed by atoms with Crippen LogP contribution >= 0.6 is 0 Å². The molecule has 3 nitrogen and oxygen atoms in total. The molecule has 0 spiro atoms. The molecule has 0 aromatic carbocycles. The minimum atomic E-state index is 0.444. The molecule has 0 heterocycles. The van der Waals surface area contributed by atoms with Crippen LogP contribution < -0.4 is 5.43 Å². The molecule has 3 heteroatoms. The molecule has 1 unspecified atom stereocenters. The minimum Gasteiger partial charge on any atom is -0.383 e. The molecular formula is C7H18N2O. The van der Waals surface area contributed by atoms with Crippen molar-refractivity contribution in [1.29, 1.82) is 0 Å². The Hall–Kier alpha value is -0.120. The van der Waals surface area contributed by atoms with Crippen molar-refractivity contribution in [2.24, 2.45) is 0 Å². The van der Waals surface area contributed by atoms with Crippen LogP contribution in [0.1, 0.15) is 13.3 Å². The molecule has 0 aromatic rings. The Labute approximate surface area is 63.3 Å².